The number of carbonyl (C=O) groups excluding carboxylic acids is 1. The van der Waals surface area contributed by atoms with Crippen molar-refractivity contribution in [2.45, 2.75) is 6.54 Å². The molecule has 1 N–H and O–H groups in total. The van der Waals surface area contributed by atoms with Crippen molar-refractivity contribution in [1.82, 2.24) is 24.0 Å². The third-order valence-electron chi connectivity index (χ3n) is 4.56. The second kappa shape index (κ2) is 7.34. The van der Waals surface area contributed by atoms with Crippen molar-refractivity contribution in [2.75, 3.05) is 19.9 Å². The highest BCUT2D eigenvalue weighted by Crippen LogP contribution is 2.34. The molecule has 152 valence electrons. The molecule has 0 spiro atoms. The number of nitrogens with zero attached hydrogens (tertiary/aromatic N) is 4. The van der Waals surface area contributed by atoms with E-state index < -0.39 is 11.2 Å². The summed E-state index contributed by atoms with van der Waals surface area (Å²) in [7, 11) is 2.91. The smallest absolute Gasteiger partial charge is 0.332 e. The van der Waals surface area contributed by atoms with Gasteiger partial charge >= 0.3 is 5.69 Å². The number of aryl methyl sites for hydroxylation is 1. The monoisotopic (exact) mass is 401 g/mol. The third-order valence-corrected chi connectivity index (χ3v) is 4.56. The number of hydrogen-bond acceptors (Lipinski definition) is 7. The molecule has 1 amide bonds. The summed E-state index contributed by atoms with van der Waals surface area (Å²) in [6.45, 7) is 0.645. The molecule has 11 heteroatoms. The maximum absolute atomic E-state index is 12.2. The molecule has 4 rings (SSSR count). The number of hydrogen-bond donors (Lipinski definition) is 1. The number of fused-ring (bicyclic) bond motifs is 2. The van der Waals surface area contributed by atoms with Crippen LogP contribution in [0.4, 0.5) is 0 Å². The highest BCUT2D eigenvalue weighted by Gasteiger charge is 2.16. The number of carbonyl (C=O) groups is 1. The minimum Gasteiger partial charge on any atom is -0.492 e. The Bertz CT molecular complexity index is 1210. The van der Waals surface area contributed by atoms with Gasteiger partial charge in [0.15, 0.2) is 17.0 Å². The molecular formula is C18H19N5O6. The third kappa shape index (κ3) is 3.42. The van der Waals surface area contributed by atoms with Gasteiger partial charge in [-0.3, -0.25) is 18.7 Å². The fraction of sp³-hybridized carbons (Fsp3) is 0.333. The average molecular weight is 401 g/mol. The van der Waals surface area contributed by atoms with Crippen LogP contribution < -0.4 is 30.8 Å². The molecule has 0 atom stereocenters. The summed E-state index contributed by atoms with van der Waals surface area (Å²) in [5.41, 5.74) is -0.556. The normalized spacial score (nSPS) is 12.3. The quantitative estimate of drug-likeness (QED) is 0.546. The highest BCUT2D eigenvalue weighted by atomic mass is 16.7. The minimum absolute atomic E-state index is 0.0824. The number of amides is 1. The summed E-state index contributed by atoms with van der Waals surface area (Å²) in [5, 5.41) is 2.73. The van der Waals surface area contributed by atoms with Gasteiger partial charge in [0.1, 0.15) is 24.5 Å². The lowest BCUT2D eigenvalue weighted by Crippen LogP contribution is -2.38. The van der Waals surface area contributed by atoms with Crippen molar-refractivity contribution in [2.24, 2.45) is 14.1 Å². The minimum atomic E-state index is -0.501. The molecule has 3 heterocycles. The van der Waals surface area contributed by atoms with E-state index in [1.807, 2.05) is 0 Å². The number of ether oxygens (including phenoxy) is 3. The molecule has 0 saturated heterocycles. The van der Waals surface area contributed by atoms with Gasteiger partial charge in [0, 0.05) is 20.2 Å². The first kappa shape index (κ1) is 18.6. The highest BCUT2D eigenvalue weighted by molar-refractivity contribution is 5.78. The van der Waals surface area contributed by atoms with Gasteiger partial charge in [0.05, 0.1) is 12.9 Å². The molecule has 3 aromatic rings. The van der Waals surface area contributed by atoms with E-state index in [1.165, 1.54) is 29.6 Å². The van der Waals surface area contributed by atoms with Crippen LogP contribution >= 0.6 is 0 Å². The lowest BCUT2D eigenvalue weighted by Gasteiger charge is -2.10. The Hall–Kier alpha value is -3.76. The summed E-state index contributed by atoms with van der Waals surface area (Å²) in [6.07, 6.45) is 1.37. The molecule has 0 radical (unpaired) electrons. The molecule has 1 aromatic carbocycles. The molecule has 29 heavy (non-hydrogen) atoms. The van der Waals surface area contributed by atoms with Crippen LogP contribution in [0.3, 0.4) is 0 Å². The molecule has 0 fully saturated rings. The van der Waals surface area contributed by atoms with E-state index in [-0.39, 0.29) is 37.9 Å². The molecule has 1 aliphatic rings. The van der Waals surface area contributed by atoms with E-state index in [9.17, 15) is 14.4 Å². The Morgan fingerprint density at radius 3 is 2.83 bits per heavy atom. The van der Waals surface area contributed by atoms with Crippen molar-refractivity contribution in [1.29, 1.82) is 0 Å². The van der Waals surface area contributed by atoms with Gasteiger partial charge in [-0.2, -0.15) is 0 Å². The SMILES string of the molecule is Cn1c(=O)c2ncn(CC(=O)NCCOc3ccc4c(c3)OCO4)c2n(C)c1=O. The van der Waals surface area contributed by atoms with Crippen molar-refractivity contribution >= 4 is 17.1 Å². The van der Waals surface area contributed by atoms with E-state index in [1.54, 1.807) is 18.2 Å². The Morgan fingerprint density at radius 2 is 2.00 bits per heavy atom. The first-order chi connectivity index (χ1) is 14.0. The van der Waals surface area contributed by atoms with Crippen LogP contribution in [0.1, 0.15) is 0 Å². The average Bonchev–Trinajstić information content (AvgIpc) is 3.34. The Morgan fingerprint density at radius 1 is 1.21 bits per heavy atom. The first-order valence-corrected chi connectivity index (χ1v) is 8.85. The van der Waals surface area contributed by atoms with Crippen molar-refractivity contribution in [3.05, 3.63) is 45.4 Å². The van der Waals surface area contributed by atoms with E-state index >= 15 is 0 Å². The maximum atomic E-state index is 12.2. The van der Waals surface area contributed by atoms with Crippen LogP contribution in [-0.4, -0.2) is 44.5 Å². The fourth-order valence-electron chi connectivity index (χ4n) is 3.09. The Balaban J connectivity index is 1.36. The lowest BCUT2D eigenvalue weighted by atomic mass is 10.3. The zero-order valence-corrected chi connectivity index (χ0v) is 15.9. The zero-order chi connectivity index (χ0) is 20.5. The molecular weight excluding hydrogens is 382 g/mol. The van der Waals surface area contributed by atoms with E-state index in [4.69, 9.17) is 14.2 Å². The lowest BCUT2D eigenvalue weighted by molar-refractivity contribution is -0.121. The molecule has 0 aliphatic carbocycles. The van der Waals surface area contributed by atoms with Crippen LogP contribution in [0.5, 0.6) is 17.2 Å². The topological polar surface area (TPSA) is 119 Å². The molecule has 2 aromatic heterocycles. The number of nitrogens with one attached hydrogen (secondary N) is 1. The molecule has 0 saturated carbocycles. The van der Waals surface area contributed by atoms with E-state index in [2.05, 4.69) is 10.3 Å². The predicted molar refractivity (Wildman–Crippen MR) is 101 cm³/mol. The number of benzene rings is 1. The van der Waals surface area contributed by atoms with E-state index in [0.717, 1.165) is 4.57 Å². The number of imidazole rings is 1. The Labute approximate surface area is 164 Å². The summed E-state index contributed by atoms with van der Waals surface area (Å²) >= 11 is 0. The summed E-state index contributed by atoms with van der Waals surface area (Å²) in [4.78, 5) is 40.5. The second-order valence-corrected chi connectivity index (χ2v) is 6.46. The van der Waals surface area contributed by atoms with E-state index in [0.29, 0.717) is 22.9 Å². The maximum Gasteiger partial charge on any atom is 0.332 e. The molecule has 11 nitrogen and oxygen atoms in total. The van der Waals surface area contributed by atoms with Gasteiger partial charge < -0.3 is 24.1 Å². The number of rotatable bonds is 6. The van der Waals surface area contributed by atoms with Crippen molar-refractivity contribution in [3.8, 4) is 17.2 Å². The van der Waals surface area contributed by atoms with Gasteiger partial charge in [0.2, 0.25) is 12.7 Å². The zero-order valence-electron chi connectivity index (χ0n) is 15.9. The Kier molecular flexibility index (Phi) is 4.71. The van der Waals surface area contributed by atoms with Crippen LogP contribution in [0.2, 0.25) is 0 Å². The van der Waals surface area contributed by atoms with Gasteiger partial charge in [-0.15, -0.1) is 0 Å². The van der Waals surface area contributed by atoms with Crippen molar-refractivity contribution in [3.63, 3.8) is 0 Å². The summed E-state index contributed by atoms with van der Waals surface area (Å²) in [5.74, 6) is 1.60. The van der Waals surface area contributed by atoms with Crippen LogP contribution in [0.15, 0.2) is 34.1 Å². The van der Waals surface area contributed by atoms with Gasteiger partial charge in [-0.25, -0.2) is 9.78 Å². The summed E-state index contributed by atoms with van der Waals surface area (Å²) in [6, 6.07) is 5.24. The molecule has 1 aliphatic heterocycles. The predicted octanol–water partition coefficient (Wildman–Crippen LogP) is -0.642. The van der Waals surface area contributed by atoms with Crippen LogP contribution in [0, 0.1) is 0 Å². The first-order valence-electron chi connectivity index (χ1n) is 8.85. The van der Waals surface area contributed by atoms with Crippen LogP contribution in [-0.2, 0) is 25.4 Å². The van der Waals surface area contributed by atoms with Gasteiger partial charge in [-0.05, 0) is 12.1 Å². The summed E-state index contributed by atoms with van der Waals surface area (Å²) < 4.78 is 19.8. The van der Waals surface area contributed by atoms with Crippen LogP contribution in [0.25, 0.3) is 11.2 Å². The molecule has 0 bridgehead atoms. The van der Waals surface area contributed by atoms with Gasteiger partial charge in [0.25, 0.3) is 5.56 Å². The van der Waals surface area contributed by atoms with Crippen molar-refractivity contribution < 1.29 is 19.0 Å². The standard InChI is InChI=1S/C18H19N5O6/c1-21-16-15(17(25)22(2)18(21)26)20-9-23(16)8-14(24)19-5-6-27-11-3-4-12-13(7-11)29-10-28-12/h3-4,7,9H,5-6,8,10H2,1-2H3,(H,19,24). The number of aromatic nitrogens is 4. The largest absolute Gasteiger partial charge is 0.492 e. The molecule has 0 unspecified atom stereocenters. The van der Waals surface area contributed by atoms with Gasteiger partial charge in [-0.1, -0.05) is 0 Å². The second-order valence-electron chi connectivity index (χ2n) is 6.46. The fourth-order valence-corrected chi connectivity index (χ4v) is 3.09.